The Hall–Kier alpha value is -3.72. The lowest BCUT2D eigenvalue weighted by molar-refractivity contribution is -0.145. The molecule has 0 saturated heterocycles. The van der Waals surface area contributed by atoms with Gasteiger partial charge in [-0.2, -0.15) is 4.98 Å². The first kappa shape index (κ1) is 23.9. The number of benzene rings is 2. The van der Waals surface area contributed by atoms with Crippen molar-refractivity contribution < 1.29 is 32.9 Å². The monoisotopic (exact) mass is 458 g/mol. The highest BCUT2D eigenvalue weighted by Crippen LogP contribution is 2.34. The van der Waals surface area contributed by atoms with Gasteiger partial charge in [0.05, 0.1) is 6.61 Å². The Labute approximate surface area is 189 Å². The number of nitrogens with two attached hydrogens (primary N) is 1. The molecule has 0 amide bonds. The van der Waals surface area contributed by atoms with Crippen molar-refractivity contribution in [2.75, 3.05) is 6.61 Å². The van der Waals surface area contributed by atoms with E-state index in [1.165, 1.54) is 6.07 Å². The van der Waals surface area contributed by atoms with Crippen molar-refractivity contribution in [3.63, 3.8) is 0 Å². The average molecular weight is 458 g/mol. The number of carboxylic acids is 1. The largest absolute Gasteiger partial charge is 0.494 e. The molecule has 3 N–H and O–H groups in total. The van der Waals surface area contributed by atoms with Gasteiger partial charge in [-0.25, -0.2) is 13.6 Å². The summed E-state index contributed by atoms with van der Waals surface area (Å²) >= 11 is 0. The van der Waals surface area contributed by atoms with E-state index in [2.05, 4.69) is 4.98 Å². The second-order valence-electron chi connectivity index (χ2n) is 7.05. The van der Waals surface area contributed by atoms with E-state index in [9.17, 15) is 13.6 Å². The molecular formula is C24H24F2N2O5. The van der Waals surface area contributed by atoms with Crippen LogP contribution in [0.15, 0.2) is 48.5 Å². The summed E-state index contributed by atoms with van der Waals surface area (Å²) in [5, 5.41) is 9.14. The highest BCUT2D eigenvalue weighted by Gasteiger charge is 2.22. The quantitative estimate of drug-likeness (QED) is 0.444. The van der Waals surface area contributed by atoms with Crippen molar-refractivity contribution in [3.8, 4) is 34.4 Å². The Kier molecular flexibility index (Phi) is 7.78. The molecule has 174 valence electrons. The van der Waals surface area contributed by atoms with E-state index in [1.807, 2.05) is 31.2 Å². The van der Waals surface area contributed by atoms with Crippen molar-refractivity contribution in [1.29, 1.82) is 0 Å². The summed E-state index contributed by atoms with van der Waals surface area (Å²) in [5.74, 6) is -4.08. The smallest absolute Gasteiger partial charge is 0.344 e. The highest BCUT2D eigenvalue weighted by molar-refractivity contribution is 5.72. The molecule has 9 heteroatoms. The summed E-state index contributed by atoms with van der Waals surface area (Å²) in [5.41, 5.74) is 8.22. The summed E-state index contributed by atoms with van der Waals surface area (Å²) in [7, 11) is 0. The van der Waals surface area contributed by atoms with Gasteiger partial charge >= 0.3 is 5.97 Å². The minimum atomic E-state index is -1.34. The lowest BCUT2D eigenvalue weighted by Crippen LogP contribution is -2.26. The molecule has 1 unspecified atom stereocenters. The number of nitrogens with zero attached hydrogens (tertiary/aromatic N) is 1. The Bertz CT molecular complexity index is 1140. The molecule has 1 heterocycles. The number of aliphatic carboxylic acids is 1. The number of carboxylic acid groups (broad SMARTS) is 1. The first-order chi connectivity index (χ1) is 15.8. The van der Waals surface area contributed by atoms with Crippen LogP contribution in [0.25, 0.3) is 11.1 Å². The SMILES string of the molecule is CCOc1cc(Oc2nc(OC(CC)C(=O)O)c(F)cc2F)cc(-c2cccc(CN)c2)c1. The maximum absolute atomic E-state index is 14.4. The van der Waals surface area contributed by atoms with E-state index >= 15 is 0 Å². The maximum Gasteiger partial charge on any atom is 0.344 e. The number of halogens is 2. The molecule has 7 nitrogen and oxygen atoms in total. The molecule has 1 aromatic heterocycles. The number of hydrogen-bond acceptors (Lipinski definition) is 6. The van der Waals surface area contributed by atoms with Crippen LogP contribution in [0.2, 0.25) is 0 Å². The Morgan fingerprint density at radius 1 is 1.03 bits per heavy atom. The van der Waals surface area contributed by atoms with Gasteiger partial charge in [0.15, 0.2) is 17.7 Å². The molecule has 0 aliphatic rings. The van der Waals surface area contributed by atoms with Gasteiger partial charge in [-0.15, -0.1) is 0 Å². The summed E-state index contributed by atoms with van der Waals surface area (Å²) < 4.78 is 44.9. The van der Waals surface area contributed by atoms with E-state index in [1.54, 1.807) is 19.1 Å². The van der Waals surface area contributed by atoms with Gasteiger partial charge in [0, 0.05) is 18.7 Å². The van der Waals surface area contributed by atoms with Crippen molar-refractivity contribution in [2.45, 2.75) is 32.9 Å². The second-order valence-corrected chi connectivity index (χ2v) is 7.05. The number of pyridine rings is 1. The fraction of sp³-hybridized carbons (Fsp3) is 0.250. The van der Waals surface area contributed by atoms with E-state index in [0.29, 0.717) is 25.0 Å². The molecule has 1 atom stereocenters. The van der Waals surface area contributed by atoms with Gasteiger partial charge < -0.3 is 25.1 Å². The van der Waals surface area contributed by atoms with Crippen LogP contribution in [-0.2, 0) is 11.3 Å². The van der Waals surface area contributed by atoms with E-state index in [0.717, 1.165) is 16.7 Å². The number of hydrogen-bond donors (Lipinski definition) is 2. The van der Waals surface area contributed by atoms with Crippen LogP contribution in [0.4, 0.5) is 8.78 Å². The third-order valence-corrected chi connectivity index (χ3v) is 4.67. The van der Waals surface area contributed by atoms with Crippen molar-refractivity contribution in [3.05, 3.63) is 65.7 Å². The molecule has 0 fully saturated rings. The second kappa shape index (κ2) is 10.7. The molecule has 0 saturated carbocycles. The maximum atomic E-state index is 14.4. The minimum absolute atomic E-state index is 0.0612. The fourth-order valence-corrected chi connectivity index (χ4v) is 3.07. The van der Waals surface area contributed by atoms with Crippen LogP contribution in [-0.4, -0.2) is 28.8 Å². The van der Waals surface area contributed by atoms with Crippen molar-refractivity contribution in [2.24, 2.45) is 5.73 Å². The molecule has 0 radical (unpaired) electrons. The van der Waals surface area contributed by atoms with Crippen LogP contribution < -0.4 is 19.9 Å². The Balaban J connectivity index is 1.99. The topological polar surface area (TPSA) is 104 Å². The number of ether oxygens (including phenoxy) is 3. The zero-order valence-electron chi connectivity index (χ0n) is 18.2. The van der Waals surface area contributed by atoms with Gasteiger partial charge in [0.25, 0.3) is 11.8 Å². The number of aromatic nitrogens is 1. The standard InChI is InChI=1S/C24H24F2N2O5/c1-3-21(24(29)30)33-23-20(26)12-19(25)22(28-23)32-18-10-16(9-17(11-18)31-4-2)15-7-5-6-14(8-15)13-27/h5-12,21H,3-4,13,27H2,1-2H3,(H,29,30). The molecule has 0 bridgehead atoms. The highest BCUT2D eigenvalue weighted by atomic mass is 19.1. The van der Waals surface area contributed by atoms with Gasteiger partial charge in [0.2, 0.25) is 0 Å². The van der Waals surface area contributed by atoms with Gasteiger partial charge in [-0.3, -0.25) is 0 Å². The van der Waals surface area contributed by atoms with Crippen LogP contribution in [0.1, 0.15) is 25.8 Å². The van der Waals surface area contributed by atoms with Gasteiger partial charge in [-0.05, 0) is 48.2 Å². The first-order valence-electron chi connectivity index (χ1n) is 10.3. The summed E-state index contributed by atoms with van der Waals surface area (Å²) in [6.45, 7) is 4.13. The zero-order chi connectivity index (χ0) is 24.0. The molecule has 3 rings (SSSR count). The van der Waals surface area contributed by atoms with Crippen LogP contribution in [0.3, 0.4) is 0 Å². The lowest BCUT2D eigenvalue weighted by atomic mass is 10.0. The van der Waals surface area contributed by atoms with E-state index in [-0.39, 0.29) is 12.2 Å². The van der Waals surface area contributed by atoms with Crippen LogP contribution in [0.5, 0.6) is 23.3 Å². The molecule has 3 aromatic rings. The zero-order valence-corrected chi connectivity index (χ0v) is 18.2. The fourth-order valence-electron chi connectivity index (χ4n) is 3.07. The number of rotatable bonds is 10. The summed E-state index contributed by atoms with van der Waals surface area (Å²) in [6, 6.07) is 13.1. The van der Waals surface area contributed by atoms with Gasteiger partial charge in [0.1, 0.15) is 11.5 Å². The normalized spacial score (nSPS) is 11.7. The predicted molar refractivity (Wildman–Crippen MR) is 118 cm³/mol. The van der Waals surface area contributed by atoms with Crippen molar-refractivity contribution in [1.82, 2.24) is 4.98 Å². The predicted octanol–water partition coefficient (Wildman–Crippen LogP) is 4.92. The van der Waals surface area contributed by atoms with Gasteiger partial charge in [-0.1, -0.05) is 25.1 Å². The molecule has 0 aliphatic heterocycles. The molecular weight excluding hydrogens is 434 g/mol. The van der Waals surface area contributed by atoms with E-state index in [4.69, 9.17) is 25.1 Å². The Morgan fingerprint density at radius 2 is 1.76 bits per heavy atom. The van der Waals surface area contributed by atoms with Crippen molar-refractivity contribution >= 4 is 5.97 Å². The third-order valence-electron chi connectivity index (χ3n) is 4.67. The molecule has 2 aromatic carbocycles. The van der Waals surface area contributed by atoms with E-state index < -0.39 is 35.5 Å². The van der Waals surface area contributed by atoms with Crippen LogP contribution in [0, 0.1) is 11.6 Å². The molecule has 0 aliphatic carbocycles. The van der Waals surface area contributed by atoms with Crippen LogP contribution >= 0.6 is 0 Å². The molecule has 33 heavy (non-hydrogen) atoms. The molecule has 0 spiro atoms. The average Bonchev–Trinajstić information content (AvgIpc) is 2.80. The Morgan fingerprint density at radius 3 is 2.42 bits per heavy atom. The minimum Gasteiger partial charge on any atom is -0.494 e. The first-order valence-corrected chi connectivity index (χ1v) is 10.3. The summed E-state index contributed by atoms with van der Waals surface area (Å²) in [6.07, 6.45) is -1.28. The third kappa shape index (κ3) is 5.95. The lowest BCUT2D eigenvalue weighted by Gasteiger charge is -2.15. The number of carbonyl (C=O) groups is 1. The summed E-state index contributed by atoms with van der Waals surface area (Å²) in [4.78, 5) is 14.9.